The molecule has 1 aromatic rings. The van der Waals surface area contributed by atoms with Gasteiger partial charge in [0.05, 0.1) is 0 Å². The third kappa shape index (κ3) is 2.92. The number of nitrogens with zero attached hydrogens (tertiary/aromatic N) is 1. The van der Waals surface area contributed by atoms with Gasteiger partial charge in [-0.1, -0.05) is 24.8 Å². The monoisotopic (exact) mass is 205 g/mol. The highest BCUT2D eigenvalue weighted by atomic mass is 16.3. The Bertz CT molecular complexity index is 346. The summed E-state index contributed by atoms with van der Waals surface area (Å²) in [5, 5.41) is 8.71. The molecular formula is C12H15NO2. The largest absolute Gasteiger partial charge is 0.396 e. The average Bonchev–Trinajstić information content (AvgIpc) is 2.28. The lowest BCUT2D eigenvalue weighted by atomic mass is 10.2. The van der Waals surface area contributed by atoms with Crippen molar-refractivity contribution in [3.63, 3.8) is 0 Å². The van der Waals surface area contributed by atoms with Gasteiger partial charge >= 0.3 is 0 Å². The fourth-order valence-corrected chi connectivity index (χ4v) is 1.25. The molecule has 0 aliphatic rings. The molecule has 0 aromatic heterocycles. The molecule has 0 aliphatic carbocycles. The van der Waals surface area contributed by atoms with Crippen molar-refractivity contribution in [2.75, 3.05) is 18.6 Å². The molecule has 0 heterocycles. The van der Waals surface area contributed by atoms with Crippen molar-refractivity contribution in [3.05, 3.63) is 42.5 Å². The Labute approximate surface area is 89.6 Å². The van der Waals surface area contributed by atoms with Crippen molar-refractivity contribution in [1.29, 1.82) is 0 Å². The van der Waals surface area contributed by atoms with Crippen molar-refractivity contribution >= 4 is 11.6 Å². The Morgan fingerprint density at radius 3 is 2.53 bits per heavy atom. The smallest absolute Gasteiger partial charge is 0.253 e. The van der Waals surface area contributed by atoms with Crippen molar-refractivity contribution in [1.82, 2.24) is 0 Å². The van der Waals surface area contributed by atoms with Crippen LogP contribution in [0.3, 0.4) is 0 Å². The number of carbonyl (C=O) groups excluding carboxylic acids is 1. The zero-order valence-corrected chi connectivity index (χ0v) is 8.81. The van der Waals surface area contributed by atoms with Crippen LogP contribution in [0.1, 0.15) is 6.42 Å². The number of rotatable bonds is 4. The number of carbonyl (C=O) groups is 1. The Morgan fingerprint density at radius 1 is 1.40 bits per heavy atom. The van der Waals surface area contributed by atoms with Crippen LogP contribution in [0, 0.1) is 0 Å². The lowest BCUT2D eigenvalue weighted by Crippen LogP contribution is -2.27. The SMILES string of the molecule is C=C(CCO)C(=O)N(C)c1ccccc1. The first-order valence-corrected chi connectivity index (χ1v) is 4.78. The second-order valence-electron chi connectivity index (χ2n) is 3.28. The quantitative estimate of drug-likeness (QED) is 0.758. The summed E-state index contributed by atoms with van der Waals surface area (Å²) in [6.07, 6.45) is 0.315. The number of benzene rings is 1. The molecule has 0 radical (unpaired) electrons. The third-order valence-electron chi connectivity index (χ3n) is 2.16. The predicted octanol–water partition coefficient (Wildman–Crippen LogP) is 1.59. The molecule has 3 heteroatoms. The molecule has 1 rings (SSSR count). The summed E-state index contributed by atoms with van der Waals surface area (Å²) in [4.78, 5) is 13.3. The van der Waals surface area contributed by atoms with Crippen LogP contribution >= 0.6 is 0 Å². The van der Waals surface area contributed by atoms with E-state index in [0.717, 1.165) is 5.69 Å². The Hall–Kier alpha value is -1.61. The van der Waals surface area contributed by atoms with E-state index in [-0.39, 0.29) is 12.5 Å². The summed E-state index contributed by atoms with van der Waals surface area (Å²) in [7, 11) is 1.69. The van der Waals surface area contributed by atoms with Crippen LogP contribution in [-0.4, -0.2) is 24.7 Å². The van der Waals surface area contributed by atoms with Crippen molar-refractivity contribution in [2.45, 2.75) is 6.42 Å². The van der Waals surface area contributed by atoms with Crippen LogP contribution in [0.5, 0.6) is 0 Å². The number of aliphatic hydroxyl groups is 1. The lowest BCUT2D eigenvalue weighted by Gasteiger charge is -2.18. The highest BCUT2D eigenvalue weighted by Gasteiger charge is 2.13. The van der Waals surface area contributed by atoms with E-state index < -0.39 is 0 Å². The maximum absolute atomic E-state index is 11.7. The van der Waals surface area contributed by atoms with E-state index in [2.05, 4.69) is 6.58 Å². The van der Waals surface area contributed by atoms with Crippen molar-refractivity contribution in [3.8, 4) is 0 Å². The first kappa shape index (κ1) is 11.5. The summed E-state index contributed by atoms with van der Waals surface area (Å²) in [5.74, 6) is -0.157. The molecule has 0 bridgehead atoms. The van der Waals surface area contributed by atoms with Crippen LogP contribution in [0.15, 0.2) is 42.5 Å². The molecule has 0 fully saturated rings. The number of para-hydroxylation sites is 1. The molecule has 0 saturated heterocycles. The standard InChI is InChI=1S/C12H15NO2/c1-10(8-9-14)12(15)13(2)11-6-4-3-5-7-11/h3-7,14H,1,8-9H2,2H3. The van der Waals surface area contributed by atoms with E-state index in [4.69, 9.17) is 5.11 Å². The Balaban J connectivity index is 2.73. The van der Waals surface area contributed by atoms with Crippen LogP contribution in [0.4, 0.5) is 5.69 Å². The van der Waals surface area contributed by atoms with Gasteiger partial charge in [-0.15, -0.1) is 0 Å². The normalized spacial score (nSPS) is 9.73. The van der Waals surface area contributed by atoms with Crippen molar-refractivity contribution < 1.29 is 9.90 Å². The fraction of sp³-hybridized carbons (Fsp3) is 0.250. The van der Waals surface area contributed by atoms with E-state index in [1.165, 1.54) is 4.90 Å². The summed E-state index contributed by atoms with van der Waals surface area (Å²) < 4.78 is 0. The molecule has 15 heavy (non-hydrogen) atoms. The molecular weight excluding hydrogens is 190 g/mol. The molecule has 0 spiro atoms. The number of hydrogen-bond acceptors (Lipinski definition) is 2. The third-order valence-corrected chi connectivity index (χ3v) is 2.16. The second kappa shape index (κ2) is 5.32. The highest BCUT2D eigenvalue weighted by Crippen LogP contribution is 2.14. The zero-order valence-electron chi connectivity index (χ0n) is 8.81. The van der Waals surface area contributed by atoms with Gasteiger partial charge in [0.25, 0.3) is 5.91 Å². The first-order valence-electron chi connectivity index (χ1n) is 4.78. The minimum Gasteiger partial charge on any atom is -0.396 e. The molecule has 3 nitrogen and oxygen atoms in total. The molecule has 0 atom stereocenters. The summed E-state index contributed by atoms with van der Waals surface area (Å²) >= 11 is 0. The van der Waals surface area contributed by atoms with Gasteiger partial charge in [0.15, 0.2) is 0 Å². The van der Waals surface area contributed by atoms with Gasteiger partial charge < -0.3 is 10.0 Å². The number of hydrogen-bond donors (Lipinski definition) is 1. The Morgan fingerprint density at radius 2 is 2.00 bits per heavy atom. The number of anilines is 1. The van der Waals surface area contributed by atoms with Gasteiger partial charge in [-0.05, 0) is 12.1 Å². The zero-order chi connectivity index (χ0) is 11.3. The van der Waals surface area contributed by atoms with Crippen LogP contribution in [-0.2, 0) is 4.79 Å². The summed E-state index contributed by atoms with van der Waals surface area (Å²) in [6.45, 7) is 3.59. The fourth-order valence-electron chi connectivity index (χ4n) is 1.25. The number of aliphatic hydroxyl groups excluding tert-OH is 1. The minimum absolute atomic E-state index is 0.0484. The van der Waals surface area contributed by atoms with Gasteiger partial charge in [0, 0.05) is 31.3 Å². The van der Waals surface area contributed by atoms with E-state index in [9.17, 15) is 4.79 Å². The maximum atomic E-state index is 11.7. The molecule has 80 valence electrons. The van der Waals surface area contributed by atoms with Gasteiger partial charge in [0.1, 0.15) is 0 Å². The highest BCUT2D eigenvalue weighted by molar-refractivity contribution is 6.04. The number of amides is 1. The van der Waals surface area contributed by atoms with Crippen molar-refractivity contribution in [2.24, 2.45) is 0 Å². The van der Waals surface area contributed by atoms with Crippen LogP contribution < -0.4 is 4.90 Å². The van der Waals surface area contributed by atoms with Gasteiger partial charge in [-0.2, -0.15) is 0 Å². The maximum Gasteiger partial charge on any atom is 0.253 e. The molecule has 1 N–H and O–H groups in total. The first-order chi connectivity index (χ1) is 7.16. The van der Waals surface area contributed by atoms with E-state index in [1.54, 1.807) is 7.05 Å². The van der Waals surface area contributed by atoms with E-state index >= 15 is 0 Å². The molecule has 0 saturated carbocycles. The van der Waals surface area contributed by atoms with Gasteiger partial charge in [-0.25, -0.2) is 0 Å². The summed E-state index contributed by atoms with van der Waals surface area (Å²) in [6, 6.07) is 9.33. The molecule has 0 aliphatic heterocycles. The van der Waals surface area contributed by atoms with Gasteiger partial charge in [-0.3, -0.25) is 4.79 Å². The van der Waals surface area contributed by atoms with Crippen LogP contribution in [0.25, 0.3) is 0 Å². The van der Waals surface area contributed by atoms with E-state index in [0.29, 0.717) is 12.0 Å². The lowest BCUT2D eigenvalue weighted by molar-refractivity contribution is -0.115. The minimum atomic E-state index is -0.157. The average molecular weight is 205 g/mol. The Kier molecular flexibility index (Phi) is 4.06. The van der Waals surface area contributed by atoms with Crippen LogP contribution in [0.2, 0.25) is 0 Å². The molecule has 1 amide bonds. The predicted molar refractivity (Wildman–Crippen MR) is 60.7 cm³/mol. The molecule has 1 aromatic carbocycles. The number of likely N-dealkylation sites (N-methyl/N-ethyl adjacent to an activating group) is 1. The summed E-state index contributed by atoms with van der Waals surface area (Å²) in [5.41, 5.74) is 1.24. The van der Waals surface area contributed by atoms with Gasteiger partial charge in [0.2, 0.25) is 0 Å². The topological polar surface area (TPSA) is 40.5 Å². The second-order valence-corrected chi connectivity index (χ2v) is 3.28. The van der Waals surface area contributed by atoms with E-state index in [1.807, 2.05) is 30.3 Å². The molecule has 0 unspecified atom stereocenters.